The van der Waals surface area contributed by atoms with Gasteiger partial charge in [0.1, 0.15) is 5.69 Å². The van der Waals surface area contributed by atoms with Crippen molar-refractivity contribution in [1.29, 1.82) is 0 Å². The van der Waals surface area contributed by atoms with Crippen LogP contribution in [0.15, 0.2) is 18.3 Å². The van der Waals surface area contributed by atoms with Crippen LogP contribution in [-0.4, -0.2) is 17.4 Å². The van der Waals surface area contributed by atoms with Gasteiger partial charge >= 0.3 is 0 Å². The van der Waals surface area contributed by atoms with Gasteiger partial charge in [0.15, 0.2) is 0 Å². The van der Waals surface area contributed by atoms with Crippen molar-refractivity contribution in [2.24, 2.45) is 5.41 Å². The average molecular weight is 262 g/mol. The van der Waals surface area contributed by atoms with Gasteiger partial charge in [0.05, 0.1) is 0 Å². The van der Waals surface area contributed by atoms with Gasteiger partial charge in [0.2, 0.25) is 0 Å². The molecule has 0 saturated carbocycles. The SMILES string of the molecule is CCCCC(C)(C)CNC(=O)c1ccc(CC)cn1. The highest BCUT2D eigenvalue weighted by atomic mass is 16.1. The molecule has 3 nitrogen and oxygen atoms in total. The Kier molecular flexibility index (Phi) is 6.00. The molecule has 1 rings (SSSR count). The highest BCUT2D eigenvalue weighted by Gasteiger charge is 2.18. The Morgan fingerprint density at radius 3 is 2.58 bits per heavy atom. The topological polar surface area (TPSA) is 42.0 Å². The maximum Gasteiger partial charge on any atom is 0.269 e. The van der Waals surface area contributed by atoms with Crippen LogP contribution in [0.3, 0.4) is 0 Å². The summed E-state index contributed by atoms with van der Waals surface area (Å²) in [6.07, 6.45) is 6.24. The van der Waals surface area contributed by atoms with Crippen molar-refractivity contribution in [3.05, 3.63) is 29.6 Å². The predicted octanol–water partition coefficient (Wildman–Crippen LogP) is 3.59. The molecule has 0 unspecified atom stereocenters. The first-order chi connectivity index (χ1) is 8.98. The highest BCUT2D eigenvalue weighted by Crippen LogP contribution is 2.22. The lowest BCUT2D eigenvalue weighted by atomic mass is 9.87. The molecule has 0 spiro atoms. The summed E-state index contributed by atoms with van der Waals surface area (Å²) in [6, 6.07) is 3.76. The van der Waals surface area contributed by atoms with E-state index in [0.717, 1.165) is 18.4 Å². The summed E-state index contributed by atoms with van der Waals surface area (Å²) in [4.78, 5) is 16.2. The lowest BCUT2D eigenvalue weighted by molar-refractivity contribution is 0.0929. The molecule has 3 heteroatoms. The summed E-state index contributed by atoms with van der Waals surface area (Å²) in [5.74, 6) is -0.0766. The minimum Gasteiger partial charge on any atom is -0.350 e. The van der Waals surface area contributed by atoms with Gasteiger partial charge in [-0.25, -0.2) is 0 Å². The molecular weight excluding hydrogens is 236 g/mol. The Bertz CT molecular complexity index is 396. The van der Waals surface area contributed by atoms with E-state index in [1.807, 2.05) is 6.07 Å². The van der Waals surface area contributed by atoms with Gasteiger partial charge in [-0.3, -0.25) is 9.78 Å². The molecule has 1 aromatic rings. The van der Waals surface area contributed by atoms with Crippen LogP contribution >= 0.6 is 0 Å². The summed E-state index contributed by atoms with van der Waals surface area (Å²) in [7, 11) is 0. The van der Waals surface area contributed by atoms with E-state index < -0.39 is 0 Å². The van der Waals surface area contributed by atoms with Crippen molar-refractivity contribution >= 4 is 5.91 Å². The van der Waals surface area contributed by atoms with Crippen molar-refractivity contribution in [2.75, 3.05) is 6.54 Å². The minimum atomic E-state index is -0.0766. The molecule has 1 amide bonds. The predicted molar refractivity (Wildman–Crippen MR) is 79.3 cm³/mol. The Hall–Kier alpha value is -1.38. The lowest BCUT2D eigenvalue weighted by Crippen LogP contribution is -2.34. The molecule has 0 atom stereocenters. The molecule has 0 fully saturated rings. The monoisotopic (exact) mass is 262 g/mol. The minimum absolute atomic E-state index is 0.0766. The van der Waals surface area contributed by atoms with Gasteiger partial charge in [-0.15, -0.1) is 0 Å². The fourth-order valence-corrected chi connectivity index (χ4v) is 1.92. The molecule has 0 aliphatic heterocycles. The first kappa shape index (κ1) is 15.7. The number of nitrogens with zero attached hydrogens (tertiary/aromatic N) is 1. The zero-order valence-corrected chi connectivity index (χ0v) is 12.6. The van der Waals surface area contributed by atoms with E-state index in [-0.39, 0.29) is 11.3 Å². The van der Waals surface area contributed by atoms with Crippen LogP contribution < -0.4 is 5.32 Å². The second-order valence-corrected chi connectivity index (χ2v) is 5.86. The van der Waals surface area contributed by atoms with Crippen LogP contribution in [0.2, 0.25) is 0 Å². The summed E-state index contributed by atoms with van der Waals surface area (Å²) < 4.78 is 0. The fourth-order valence-electron chi connectivity index (χ4n) is 1.92. The van der Waals surface area contributed by atoms with Gasteiger partial charge in [-0.1, -0.05) is 46.6 Å². The maximum atomic E-state index is 12.0. The molecule has 1 N–H and O–H groups in total. The van der Waals surface area contributed by atoms with Gasteiger partial charge in [-0.2, -0.15) is 0 Å². The highest BCUT2D eigenvalue weighted by molar-refractivity contribution is 5.92. The maximum absolute atomic E-state index is 12.0. The number of amides is 1. The van der Waals surface area contributed by atoms with Crippen LogP contribution in [-0.2, 0) is 6.42 Å². The molecule has 106 valence electrons. The van der Waals surface area contributed by atoms with Gasteiger partial charge in [0.25, 0.3) is 5.91 Å². The molecule has 0 bridgehead atoms. The number of rotatable bonds is 7. The molecular formula is C16H26N2O. The van der Waals surface area contributed by atoms with Crippen LogP contribution in [0.4, 0.5) is 0 Å². The number of carbonyl (C=O) groups is 1. The van der Waals surface area contributed by atoms with Crippen LogP contribution in [0.1, 0.15) is 63.0 Å². The second kappa shape index (κ2) is 7.27. The molecule has 1 heterocycles. The average Bonchev–Trinajstić information content (AvgIpc) is 2.43. The van der Waals surface area contributed by atoms with Crippen LogP contribution in [0, 0.1) is 5.41 Å². The number of carbonyl (C=O) groups excluding carboxylic acids is 1. The Balaban J connectivity index is 2.50. The Morgan fingerprint density at radius 1 is 1.32 bits per heavy atom. The van der Waals surface area contributed by atoms with E-state index >= 15 is 0 Å². The summed E-state index contributed by atoms with van der Waals surface area (Å²) >= 11 is 0. The van der Waals surface area contributed by atoms with Crippen molar-refractivity contribution in [3.63, 3.8) is 0 Å². The lowest BCUT2D eigenvalue weighted by Gasteiger charge is -2.24. The molecule has 0 aromatic carbocycles. The number of pyridine rings is 1. The fraction of sp³-hybridized carbons (Fsp3) is 0.625. The standard InChI is InChI=1S/C16H26N2O/c1-5-7-10-16(3,4)12-18-15(19)14-9-8-13(6-2)11-17-14/h8-9,11H,5-7,10,12H2,1-4H3,(H,18,19). The van der Waals surface area contributed by atoms with Crippen molar-refractivity contribution in [2.45, 2.75) is 53.4 Å². The third-order valence-electron chi connectivity index (χ3n) is 3.40. The molecule has 0 radical (unpaired) electrons. The van der Waals surface area contributed by atoms with E-state index in [9.17, 15) is 4.79 Å². The smallest absolute Gasteiger partial charge is 0.269 e. The van der Waals surface area contributed by atoms with E-state index in [2.05, 4.69) is 38.0 Å². The zero-order chi connectivity index (χ0) is 14.3. The number of aryl methyl sites for hydroxylation is 1. The molecule has 0 saturated heterocycles. The van der Waals surface area contributed by atoms with Crippen LogP contribution in [0.5, 0.6) is 0 Å². The van der Waals surface area contributed by atoms with E-state index in [0.29, 0.717) is 12.2 Å². The number of hydrogen-bond donors (Lipinski definition) is 1. The largest absolute Gasteiger partial charge is 0.350 e. The van der Waals surface area contributed by atoms with E-state index in [1.54, 1.807) is 12.3 Å². The second-order valence-electron chi connectivity index (χ2n) is 5.86. The van der Waals surface area contributed by atoms with Crippen molar-refractivity contribution < 1.29 is 4.79 Å². The summed E-state index contributed by atoms with van der Waals surface area (Å²) in [5.41, 5.74) is 1.80. The third-order valence-corrected chi connectivity index (χ3v) is 3.40. The first-order valence-electron chi connectivity index (χ1n) is 7.21. The molecule has 19 heavy (non-hydrogen) atoms. The molecule has 0 aliphatic carbocycles. The Labute approximate surface area is 116 Å². The summed E-state index contributed by atoms with van der Waals surface area (Å²) in [5, 5.41) is 2.98. The van der Waals surface area contributed by atoms with Crippen molar-refractivity contribution in [1.82, 2.24) is 10.3 Å². The van der Waals surface area contributed by atoms with Gasteiger partial charge in [-0.05, 0) is 29.9 Å². The first-order valence-corrected chi connectivity index (χ1v) is 7.21. The zero-order valence-electron chi connectivity index (χ0n) is 12.6. The summed E-state index contributed by atoms with van der Waals surface area (Å²) in [6.45, 7) is 9.34. The number of nitrogens with one attached hydrogen (secondary N) is 1. The quantitative estimate of drug-likeness (QED) is 0.816. The van der Waals surface area contributed by atoms with Gasteiger partial charge < -0.3 is 5.32 Å². The van der Waals surface area contributed by atoms with Gasteiger partial charge in [0, 0.05) is 12.7 Å². The number of unbranched alkanes of at least 4 members (excludes halogenated alkanes) is 1. The van der Waals surface area contributed by atoms with E-state index in [1.165, 1.54) is 12.8 Å². The molecule has 0 aliphatic rings. The normalized spacial score (nSPS) is 11.4. The molecule has 1 aromatic heterocycles. The Morgan fingerprint density at radius 2 is 2.05 bits per heavy atom. The van der Waals surface area contributed by atoms with Crippen LogP contribution in [0.25, 0.3) is 0 Å². The van der Waals surface area contributed by atoms with E-state index in [4.69, 9.17) is 0 Å². The third kappa shape index (κ3) is 5.41. The van der Waals surface area contributed by atoms with Crippen molar-refractivity contribution in [3.8, 4) is 0 Å². The number of hydrogen-bond acceptors (Lipinski definition) is 2. The number of aromatic nitrogens is 1.